The maximum atomic E-state index is 12.6. The molecule has 0 aromatic rings. The molecule has 0 saturated carbocycles. The molecule has 0 radical (unpaired) electrons. The van der Waals surface area contributed by atoms with Crippen molar-refractivity contribution >= 4 is 29.6 Å². The molecule has 182 valence electrons. The standard InChI is InChI=1S/C23H44N2O5S/c1-7-20(4)9-11-23(28)30-16-13-25(21(26)18-31-17-14-24(5)6)12-15-29-22(27)10-8-19(2)3/h19-20H,7-18H2,1-6H3. The number of carbonyl (C=O) groups is 3. The van der Waals surface area contributed by atoms with Gasteiger partial charge in [0.1, 0.15) is 13.2 Å². The van der Waals surface area contributed by atoms with Gasteiger partial charge in [-0.3, -0.25) is 14.4 Å². The van der Waals surface area contributed by atoms with Crippen LogP contribution < -0.4 is 0 Å². The zero-order valence-corrected chi connectivity index (χ0v) is 21.3. The Hall–Kier alpha value is -1.28. The van der Waals surface area contributed by atoms with Gasteiger partial charge in [0, 0.05) is 25.1 Å². The number of thioether (sulfide) groups is 1. The van der Waals surface area contributed by atoms with Gasteiger partial charge in [-0.15, -0.1) is 0 Å². The zero-order valence-electron chi connectivity index (χ0n) is 20.5. The molecule has 0 N–H and O–H groups in total. The van der Waals surface area contributed by atoms with Crippen LogP contribution in [0.5, 0.6) is 0 Å². The molecule has 1 unspecified atom stereocenters. The number of esters is 2. The van der Waals surface area contributed by atoms with Crippen LogP contribution >= 0.6 is 11.8 Å². The first-order chi connectivity index (χ1) is 14.6. The molecule has 0 spiro atoms. The van der Waals surface area contributed by atoms with Crippen LogP contribution in [0.1, 0.15) is 59.8 Å². The number of ether oxygens (including phenoxy) is 2. The van der Waals surface area contributed by atoms with Gasteiger partial charge in [0.25, 0.3) is 0 Å². The Kier molecular flexibility index (Phi) is 17.6. The van der Waals surface area contributed by atoms with E-state index in [1.165, 1.54) is 0 Å². The maximum absolute atomic E-state index is 12.6. The molecule has 0 aliphatic rings. The molecule has 0 aromatic carbocycles. The average molecular weight is 461 g/mol. The van der Waals surface area contributed by atoms with Crippen LogP contribution in [-0.2, 0) is 23.9 Å². The highest BCUT2D eigenvalue weighted by molar-refractivity contribution is 7.99. The Balaban J connectivity index is 4.45. The van der Waals surface area contributed by atoms with E-state index in [0.29, 0.717) is 43.5 Å². The van der Waals surface area contributed by atoms with Crippen molar-refractivity contribution in [2.45, 2.75) is 59.8 Å². The summed E-state index contributed by atoms with van der Waals surface area (Å²) < 4.78 is 10.6. The second kappa shape index (κ2) is 18.3. The van der Waals surface area contributed by atoms with Gasteiger partial charge in [0.2, 0.25) is 5.91 Å². The highest BCUT2D eigenvalue weighted by atomic mass is 32.2. The number of nitrogens with zero attached hydrogens (tertiary/aromatic N) is 2. The summed E-state index contributed by atoms with van der Waals surface area (Å²) in [6, 6.07) is 0. The van der Waals surface area contributed by atoms with E-state index in [2.05, 4.69) is 32.6 Å². The van der Waals surface area contributed by atoms with Gasteiger partial charge >= 0.3 is 11.9 Å². The van der Waals surface area contributed by atoms with Gasteiger partial charge in [-0.25, -0.2) is 0 Å². The normalized spacial score (nSPS) is 12.1. The number of carbonyl (C=O) groups excluding carboxylic acids is 3. The SMILES string of the molecule is CCC(C)CCC(=O)OCCN(CCOC(=O)CCC(C)C)C(=O)CSCCN(C)C. The number of rotatable bonds is 18. The Labute approximate surface area is 193 Å². The van der Waals surface area contributed by atoms with Crippen molar-refractivity contribution in [1.29, 1.82) is 0 Å². The van der Waals surface area contributed by atoms with E-state index in [9.17, 15) is 14.4 Å². The van der Waals surface area contributed by atoms with Gasteiger partial charge in [-0.1, -0.05) is 34.1 Å². The minimum absolute atomic E-state index is 0.0300. The fourth-order valence-corrected chi connectivity index (χ4v) is 3.51. The number of hydrogen-bond donors (Lipinski definition) is 0. The molecular formula is C23H44N2O5S. The Bertz CT molecular complexity index is 514. The number of hydrogen-bond acceptors (Lipinski definition) is 7. The van der Waals surface area contributed by atoms with Crippen molar-refractivity contribution in [3.8, 4) is 0 Å². The molecule has 0 aliphatic heterocycles. The molecule has 1 atom stereocenters. The van der Waals surface area contributed by atoms with Gasteiger partial charge in [-0.05, 0) is 38.8 Å². The Morgan fingerprint density at radius 3 is 1.90 bits per heavy atom. The first-order valence-corrected chi connectivity index (χ1v) is 12.6. The van der Waals surface area contributed by atoms with Crippen molar-refractivity contribution in [2.24, 2.45) is 11.8 Å². The summed E-state index contributed by atoms with van der Waals surface area (Å²) in [6.45, 7) is 10.2. The lowest BCUT2D eigenvalue weighted by atomic mass is 10.0. The van der Waals surface area contributed by atoms with Crippen LogP contribution in [0.25, 0.3) is 0 Å². The molecule has 0 fully saturated rings. The van der Waals surface area contributed by atoms with Crippen molar-refractivity contribution in [2.75, 3.05) is 58.4 Å². The predicted octanol–water partition coefficient (Wildman–Crippen LogP) is 3.46. The van der Waals surface area contributed by atoms with Crippen LogP contribution in [0.3, 0.4) is 0 Å². The molecular weight excluding hydrogens is 416 g/mol. The summed E-state index contributed by atoms with van der Waals surface area (Å²) in [5.74, 6) is 1.66. The van der Waals surface area contributed by atoms with Crippen LogP contribution in [0.2, 0.25) is 0 Å². The zero-order chi connectivity index (χ0) is 23.6. The monoisotopic (exact) mass is 460 g/mol. The summed E-state index contributed by atoms with van der Waals surface area (Å²) in [6.07, 6.45) is 3.43. The first-order valence-electron chi connectivity index (χ1n) is 11.5. The lowest BCUT2D eigenvalue weighted by Crippen LogP contribution is -2.38. The van der Waals surface area contributed by atoms with E-state index in [4.69, 9.17) is 9.47 Å². The Morgan fingerprint density at radius 2 is 1.42 bits per heavy atom. The summed E-state index contributed by atoms with van der Waals surface area (Å²) in [5, 5.41) is 0. The molecule has 7 nitrogen and oxygen atoms in total. The van der Waals surface area contributed by atoms with Crippen molar-refractivity contribution in [3.63, 3.8) is 0 Å². The minimum Gasteiger partial charge on any atom is -0.464 e. The topological polar surface area (TPSA) is 76.1 Å². The molecule has 0 bridgehead atoms. The summed E-state index contributed by atoms with van der Waals surface area (Å²) in [5.41, 5.74) is 0. The van der Waals surface area contributed by atoms with E-state index in [-0.39, 0.29) is 31.1 Å². The maximum Gasteiger partial charge on any atom is 0.305 e. The molecule has 31 heavy (non-hydrogen) atoms. The number of amides is 1. The van der Waals surface area contributed by atoms with Crippen molar-refractivity contribution in [3.05, 3.63) is 0 Å². The molecule has 0 saturated heterocycles. The molecule has 1 amide bonds. The first kappa shape index (κ1) is 29.7. The van der Waals surface area contributed by atoms with Gasteiger partial charge in [0.05, 0.1) is 18.8 Å². The molecule has 0 aromatic heterocycles. The largest absolute Gasteiger partial charge is 0.464 e. The smallest absolute Gasteiger partial charge is 0.305 e. The second-order valence-electron chi connectivity index (χ2n) is 8.66. The van der Waals surface area contributed by atoms with Gasteiger partial charge in [-0.2, -0.15) is 11.8 Å². The predicted molar refractivity (Wildman–Crippen MR) is 127 cm³/mol. The lowest BCUT2D eigenvalue weighted by Gasteiger charge is -2.22. The Morgan fingerprint density at radius 1 is 0.871 bits per heavy atom. The minimum atomic E-state index is -0.238. The lowest BCUT2D eigenvalue weighted by molar-refractivity contribution is -0.147. The molecule has 0 heterocycles. The quantitative estimate of drug-likeness (QED) is 0.229. The summed E-state index contributed by atoms with van der Waals surface area (Å²) in [4.78, 5) is 40.1. The van der Waals surface area contributed by atoms with Gasteiger partial charge in [0.15, 0.2) is 0 Å². The van der Waals surface area contributed by atoms with E-state index < -0.39 is 0 Å². The van der Waals surface area contributed by atoms with Crippen molar-refractivity contribution in [1.82, 2.24) is 9.80 Å². The van der Waals surface area contributed by atoms with E-state index in [0.717, 1.165) is 31.6 Å². The second-order valence-corrected chi connectivity index (χ2v) is 9.77. The van der Waals surface area contributed by atoms with Crippen LogP contribution in [0.15, 0.2) is 0 Å². The highest BCUT2D eigenvalue weighted by Crippen LogP contribution is 2.10. The summed E-state index contributed by atoms with van der Waals surface area (Å²) >= 11 is 1.57. The fourth-order valence-electron chi connectivity index (χ4n) is 2.52. The van der Waals surface area contributed by atoms with Gasteiger partial charge < -0.3 is 19.3 Å². The third-order valence-electron chi connectivity index (χ3n) is 4.97. The van der Waals surface area contributed by atoms with Crippen molar-refractivity contribution < 1.29 is 23.9 Å². The fraction of sp³-hybridized carbons (Fsp3) is 0.870. The molecule has 0 aliphatic carbocycles. The third-order valence-corrected chi connectivity index (χ3v) is 5.90. The van der Waals surface area contributed by atoms with E-state index in [1.54, 1.807) is 16.7 Å². The van der Waals surface area contributed by atoms with Crippen LogP contribution in [-0.4, -0.2) is 86.1 Å². The van der Waals surface area contributed by atoms with E-state index in [1.807, 2.05) is 14.1 Å². The molecule has 0 rings (SSSR count). The third kappa shape index (κ3) is 18.0. The molecule has 8 heteroatoms. The van der Waals surface area contributed by atoms with E-state index >= 15 is 0 Å². The summed E-state index contributed by atoms with van der Waals surface area (Å²) in [7, 11) is 4.00. The highest BCUT2D eigenvalue weighted by Gasteiger charge is 2.16. The average Bonchev–Trinajstić information content (AvgIpc) is 2.71. The van der Waals surface area contributed by atoms with Crippen LogP contribution in [0.4, 0.5) is 0 Å². The van der Waals surface area contributed by atoms with Crippen LogP contribution in [0, 0.1) is 11.8 Å².